The number of carboxylic acids is 6. The number of carboxylic acid groups (broad SMARTS) is 6. The van der Waals surface area contributed by atoms with Gasteiger partial charge < -0.3 is 69.6 Å². The summed E-state index contributed by atoms with van der Waals surface area (Å²) in [6.07, 6.45) is -6.27. The fourth-order valence-corrected chi connectivity index (χ4v) is 1.35. The largest absolute Gasteiger partial charge is 1.00 e. The number of carbonyl (C=O) groups is 6. The van der Waals surface area contributed by atoms with Gasteiger partial charge in [0.1, 0.15) is 11.7 Å². The summed E-state index contributed by atoms with van der Waals surface area (Å²) in [5.41, 5.74) is -2.97. The van der Waals surface area contributed by atoms with Crippen LogP contribution in [0.25, 0.3) is 0 Å². The van der Waals surface area contributed by atoms with Crippen molar-refractivity contribution >= 4 is 35.8 Å². The van der Waals surface area contributed by atoms with Gasteiger partial charge in [-0.1, -0.05) is 0 Å². The number of aliphatic hydroxyl groups excluding tert-OH is 1. The SMILES string of the molecule is O=C([O-])CC(C(=O)[O-])C(O)C(=O)[O-].O=C([O-])CC(O)(CC(=O)[O-])C(=O)[O-].[Na+].[Na+].[Na+].[Na+].[Na+].[Na+]. The first-order valence-corrected chi connectivity index (χ1v) is 6.27. The van der Waals surface area contributed by atoms with Crippen molar-refractivity contribution in [2.75, 3.05) is 0 Å². The van der Waals surface area contributed by atoms with E-state index in [4.69, 9.17) is 10.2 Å². The van der Waals surface area contributed by atoms with Crippen LogP contribution in [0.3, 0.4) is 0 Å². The molecule has 0 aromatic heterocycles. The molecule has 0 amide bonds. The van der Waals surface area contributed by atoms with E-state index in [1.54, 1.807) is 0 Å². The first-order chi connectivity index (χ1) is 11.6. The molecule has 2 N–H and O–H groups in total. The molecular weight excluding hydrogens is 506 g/mol. The van der Waals surface area contributed by atoms with Crippen LogP contribution in [0, 0.1) is 5.92 Å². The van der Waals surface area contributed by atoms with Crippen molar-refractivity contribution in [2.24, 2.45) is 5.92 Å². The van der Waals surface area contributed by atoms with E-state index < -0.39 is 72.7 Å². The van der Waals surface area contributed by atoms with E-state index in [2.05, 4.69) is 0 Å². The normalized spacial score (nSPS) is 10.3. The van der Waals surface area contributed by atoms with Gasteiger partial charge in [-0.25, -0.2) is 0 Å². The summed E-state index contributed by atoms with van der Waals surface area (Å²) in [6, 6.07) is 0. The topological polar surface area (TPSA) is 281 Å². The first-order valence-electron chi connectivity index (χ1n) is 6.27. The molecule has 0 fully saturated rings. The van der Waals surface area contributed by atoms with E-state index in [9.17, 15) is 59.4 Å². The van der Waals surface area contributed by atoms with Gasteiger partial charge in [-0.2, -0.15) is 0 Å². The maximum absolute atomic E-state index is 10.1. The molecule has 0 rings (SSSR count). The second-order valence-electron chi connectivity index (χ2n) is 4.68. The van der Waals surface area contributed by atoms with Gasteiger partial charge in [0.05, 0.1) is 11.9 Å². The summed E-state index contributed by atoms with van der Waals surface area (Å²) in [5.74, 6) is -13.9. The molecule has 32 heavy (non-hydrogen) atoms. The Labute approximate surface area is 314 Å². The molecule has 2 unspecified atom stereocenters. The summed E-state index contributed by atoms with van der Waals surface area (Å²) in [6.45, 7) is 0. The molecule has 0 radical (unpaired) electrons. The van der Waals surface area contributed by atoms with Gasteiger partial charge in [-0.3, -0.25) is 0 Å². The number of aliphatic hydroxyl groups is 2. The van der Waals surface area contributed by atoms with Crippen LogP contribution in [0.5, 0.6) is 0 Å². The van der Waals surface area contributed by atoms with Crippen LogP contribution in [-0.2, 0) is 28.8 Å². The van der Waals surface area contributed by atoms with Crippen LogP contribution < -0.4 is 208 Å². The molecule has 148 valence electrons. The first kappa shape index (κ1) is 55.3. The summed E-state index contributed by atoms with van der Waals surface area (Å²) in [7, 11) is 0. The fraction of sp³-hybridized carbons (Fsp3) is 0.500. The second-order valence-corrected chi connectivity index (χ2v) is 4.68. The molecule has 0 spiro atoms. The molecule has 0 aliphatic carbocycles. The standard InChI is InChI=1S/2C6H8O7.6Na/c7-3(8)1-6(13,5(11)12)2-4(9)10;7-3(8)1-2(5(10)11)4(9)6(12)13;;;;;;/h13H,1-2H2,(H,7,8)(H,9,10)(H,11,12);2,4,9H,1H2,(H,7,8)(H,10,11)(H,12,13);;;;;;/q;;6*+1/p-6. The van der Waals surface area contributed by atoms with Crippen molar-refractivity contribution in [3.05, 3.63) is 0 Å². The molecule has 0 aromatic rings. The van der Waals surface area contributed by atoms with E-state index >= 15 is 0 Å². The number of hydrogen-bond donors (Lipinski definition) is 2. The zero-order valence-corrected chi connectivity index (χ0v) is 30.6. The number of hydrogen-bond acceptors (Lipinski definition) is 14. The van der Waals surface area contributed by atoms with Crippen molar-refractivity contribution in [1.82, 2.24) is 0 Å². The van der Waals surface area contributed by atoms with Crippen molar-refractivity contribution in [1.29, 1.82) is 0 Å². The fourth-order valence-electron chi connectivity index (χ4n) is 1.35. The molecule has 2 atom stereocenters. The van der Waals surface area contributed by atoms with E-state index in [1.807, 2.05) is 0 Å². The van der Waals surface area contributed by atoms with Crippen LogP contribution in [0.15, 0.2) is 0 Å². The van der Waals surface area contributed by atoms with Gasteiger partial charge in [-0.05, 0) is 6.42 Å². The second kappa shape index (κ2) is 28.3. The van der Waals surface area contributed by atoms with Crippen LogP contribution in [0.4, 0.5) is 0 Å². The minimum absolute atomic E-state index is 0. The summed E-state index contributed by atoms with van der Waals surface area (Å²) >= 11 is 0. The van der Waals surface area contributed by atoms with Crippen molar-refractivity contribution in [2.45, 2.75) is 31.0 Å². The van der Waals surface area contributed by atoms with E-state index in [-0.39, 0.29) is 177 Å². The number of rotatable bonds is 10. The Balaban J connectivity index is -0.0000000505. The van der Waals surface area contributed by atoms with Gasteiger partial charge in [0.2, 0.25) is 0 Å². The summed E-state index contributed by atoms with van der Waals surface area (Å²) in [5, 5.41) is 77.6. The van der Waals surface area contributed by atoms with Crippen molar-refractivity contribution in [3.63, 3.8) is 0 Å². The predicted octanol–water partition coefficient (Wildman–Crippen LogP) is -28.6. The molecule has 0 bridgehead atoms. The molecule has 14 nitrogen and oxygen atoms in total. The monoisotopic (exact) mass is 516 g/mol. The minimum Gasteiger partial charge on any atom is -0.550 e. The maximum atomic E-state index is 10.1. The average Bonchev–Trinajstić information content (AvgIpc) is 2.42. The smallest absolute Gasteiger partial charge is 0.550 e. The molecule has 0 saturated heterocycles. The Morgan fingerprint density at radius 3 is 1.09 bits per heavy atom. The Kier molecular flexibility index (Phi) is 48.9. The third-order valence-corrected chi connectivity index (χ3v) is 2.57. The summed E-state index contributed by atoms with van der Waals surface area (Å²) in [4.78, 5) is 60.0. The molecule has 0 aromatic carbocycles. The zero-order chi connectivity index (χ0) is 21.2. The molecular formula is C12H10Na6O14. The Hall–Kier alpha value is 2.74. The Morgan fingerprint density at radius 2 is 0.938 bits per heavy atom. The van der Waals surface area contributed by atoms with Crippen molar-refractivity contribution in [3.8, 4) is 0 Å². The Morgan fingerprint density at radius 1 is 0.625 bits per heavy atom. The van der Waals surface area contributed by atoms with E-state index in [0.717, 1.165) is 0 Å². The molecule has 0 heterocycles. The van der Waals surface area contributed by atoms with Gasteiger partial charge in [0.15, 0.2) is 0 Å². The van der Waals surface area contributed by atoms with Crippen LogP contribution in [0.2, 0.25) is 0 Å². The van der Waals surface area contributed by atoms with Crippen LogP contribution in [-0.4, -0.2) is 57.7 Å². The predicted molar refractivity (Wildman–Crippen MR) is 58.3 cm³/mol. The average molecular weight is 516 g/mol. The van der Waals surface area contributed by atoms with Gasteiger partial charge in [0.25, 0.3) is 0 Å². The number of carbonyl (C=O) groups excluding carboxylic acids is 6. The van der Waals surface area contributed by atoms with Crippen LogP contribution >= 0.6 is 0 Å². The van der Waals surface area contributed by atoms with E-state index in [0.29, 0.717) is 0 Å². The van der Waals surface area contributed by atoms with Gasteiger partial charge in [0, 0.05) is 42.6 Å². The maximum Gasteiger partial charge on any atom is 1.00 e. The quantitative estimate of drug-likeness (QED) is 0.255. The molecule has 0 saturated carbocycles. The number of aliphatic carboxylic acids is 6. The molecule has 20 heteroatoms. The summed E-state index contributed by atoms with van der Waals surface area (Å²) < 4.78 is 0. The molecule has 0 aliphatic rings. The van der Waals surface area contributed by atoms with E-state index in [1.165, 1.54) is 0 Å². The van der Waals surface area contributed by atoms with Crippen molar-refractivity contribution < 1.29 is 247 Å². The Bertz CT molecular complexity index is 585. The minimum atomic E-state index is -2.97. The third kappa shape index (κ3) is 27.3. The van der Waals surface area contributed by atoms with Gasteiger partial charge >= 0.3 is 177 Å². The third-order valence-electron chi connectivity index (χ3n) is 2.57. The molecule has 0 aliphatic heterocycles. The van der Waals surface area contributed by atoms with Gasteiger partial charge in [-0.15, -0.1) is 0 Å². The zero-order valence-electron chi connectivity index (χ0n) is 18.6. The van der Waals surface area contributed by atoms with Crippen LogP contribution in [0.1, 0.15) is 19.3 Å².